The lowest BCUT2D eigenvalue weighted by molar-refractivity contribution is 0.217. The third-order valence-electron chi connectivity index (χ3n) is 7.69. The van der Waals surface area contributed by atoms with Crippen LogP contribution >= 0.6 is 0 Å². The standard InChI is InChI=1S/C42H32N2O4/c43-29-31-1-5-33(6-2-31)35-9-17-39(18-10-35)45-25-27-47-41-21-13-37(14-22-41)38-15-23-42(24-16-38)48-28-26-46-40-19-11-36(12-20-40)34-7-3-32(30-44)4-8-34/h1-24H,25-28H2. The quantitative estimate of drug-likeness (QED) is 0.119. The van der Waals surface area contributed by atoms with Gasteiger partial charge in [-0.05, 0) is 106 Å². The summed E-state index contributed by atoms with van der Waals surface area (Å²) in [6.07, 6.45) is 0. The largest absolute Gasteiger partial charge is 0.490 e. The lowest BCUT2D eigenvalue weighted by Gasteiger charge is -2.11. The lowest BCUT2D eigenvalue weighted by Crippen LogP contribution is -2.09. The molecule has 6 nitrogen and oxygen atoms in total. The zero-order valence-electron chi connectivity index (χ0n) is 26.2. The molecule has 234 valence electrons. The van der Waals surface area contributed by atoms with Gasteiger partial charge in [-0.3, -0.25) is 0 Å². The van der Waals surface area contributed by atoms with E-state index in [2.05, 4.69) is 12.1 Å². The first-order chi connectivity index (χ1) is 23.7. The Balaban J connectivity index is 0.895. The van der Waals surface area contributed by atoms with Crippen LogP contribution < -0.4 is 18.9 Å². The average Bonchev–Trinajstić information content (AvgIpc) is 3.16. The third-order valence-corrected chi connectivity index (χ3v) is 7.69. The van der Waals surface area contributed by atoms with Gasteiger partial charge in [0.05, 0.1) is 23.3 Å². The second kappa shape index (κ2) is 15.7. The normalized spacial score (nSPS) is 10.4. The van der Waals surface area contributed by atoms with Crippen molar-refractivity contribution in [1.82, 2.24) is 0 Å². The first-order valence-corrected chi connectivity index (χ1v) is 15.6. The summed E-state index contributed by atoms with van der Waals surface area (Å²) < 4.78 is 23.5. The highest BCUT2D eigenvalue weighted by Crippen LogP contribution is 2.26. The van der Waals surface area contributed by atoms with Gasteiger partial charge >= 0.3 is 0 Å². The van der Waals surface area contributed by atoms with Crippen molar-refractivity contribution < 1.29 is 18.9 Å². The average molecular weight is 629 g/mol. The van der Waals surface area contributed by atoms with Crippen molar-refractivity contribution in [3.8, 4) is 68.5 Å². The van der Waals surface area contributed by atoms with Crippen molar-refractivity contribution in [2.45, 2.75) is 0 Å². The van der Waals surface area contributed by atoms with Gasteiger partial charge in [0.1, 0.15) is 49.4 Å². The molecule has 0 radical (unpaired) electrons. The topological polar surface area (TPSA) is 84.5 Å². The molecule has 0 aliphatic heterocycles. The Morgan fingerprint density at radius 2 is 0.479 bits per heavy atom. The summed E-state index contributed by atoms with van der Waals surface area (Å²) in [6.45, 7) is 1.71. The van der Waals surface area contributed by atoms with E-state index in [1.165, 1.54) is 0 Å². The zero-order valence-corrected chi connectivity index (χ0v) is 26.2. The SMILES string of the molecule is N#Cc1ccc(-c2ccc(OCCOc3ccc(-c4ccc(OCCOc5ccc(-c6ccc(C#N)cc6)cc5)cc4)cc3)cc2)cc1. The van der Waals surface area contributed by atoms with Crippen LogP contribution in [-0.4, -0.2) is 26.4 Å². The van der Waals surface area contributed by atoms with Gasteiger partial charge in [0.2, 0.25) is 0 Å². The molecule has 6 rings (SSSR count). The number of hydrogen-bond acceptors (Lipinski definition) is 6. The maximum absolute atomic E-state index is 8.97. The molecule has 6 aromatic rings. The molecule has 0 bridgehead atoms. The van der Waals surface area contributed by atoms with Crippen LogP contribution in [0.5, 0.6) is 23.0 Å². The summed E-state index contributed by atoms with van der Waals surface area (Å²) in [5.74, 6) is 3.11. The molecule has 0 amide bonds. The molecule has 48 heavy (non-hydrogen) atoms. The molecule has 0 saturated carbocycles. The third kappa shape index (κ3) is 8.40. The Morgan fingerprint density at radius 3 is 0.667 bits per heavy atom. The summed E-state index contributed by atoms with van der Waals surface area (Å²) in [5.41, 5.74) is 7.70. The van der Waals surface area contributed by atoms with E-state index >= 15 is 0 Å². The van der Waals surface area contributed by atoms with Crippen LogP contribution in [0.4, 0.5) is 0 Å². The van der Waals surface area contributed by atoms with E-state index in [1.54, 1.807) is 0 Å². The fourth-order valence-corrected chi connectivity index (χ4v) is 5.09. The van der Waals surface area contributed by atoms with Crippen LogP contribution in [0.1, 0.15) is 11.1 Å². The number of nitriles is 2. The van der Waals surface area contributed by atoms with E-state index in [4.69, 9.17) is 29.5 Å². The van der Waals surface area contributed by atoms with E-state index in [0.29, 0.717) is 37.6 Å². The van der Waals surface area contributed by atoms with Gasteiger partial charge in [0.15, 0.2) is 0 Å². The highest BCUT2D eigenvalue weighted by molar-refractivity contribution is 5.66. The molecular formula is C42H32N2O4. The first kappa shape index (κ1) is 31.5. The highest BCUT2D eigenvalue weighted by atomic mass is 16.5. The Hall–Kier alpha value is -6.50. The van der Waals surface area contributed by atoms with Gasteiger partial charge in [0, 0.05) is 0 Å². The zero-order chi connectivity index (χ0) is 33.0. The number of hydrogen-bond donors (Lipinski definition) is 0. The van der Waals surface area contributed by atoms with Gasteiger partial charge in [-0.2, -0.15) is 10.5 Å². The minimum atomic E-state index is 0.427. The van der Waals surface area contributed by atoms with Crippen LogP contribution in [0.15, 0.2) is 146 Å². The van der Waals surface area contributed by atoms with E-state index in [9.17, 15) is 0 Å². The van der Waals surface area contributed by atoms with Crippen molar-refractivity contribution in [3.05, 3.63) is 157 Å². The number of benzene rings is 6. The van der Waals surface area contributed by atoms with Gasteiger partial charge in [-0.25, -0.2) is 0 Å². The summed E-state index contributed by atoms with van der Waals surface area (Å²) in [5, 5.41) is 17.9. The highest BCUT2D eigenvalue weighted by Gasteiger charge is 2.04. The van der Waals surface area contributed by atoms with Crippen molar-refractivity contribution in [3.63, 3.8) is 0 Å². The Bertz CT molecular complexity index is 1840. The Morgan fingerprint density at radius 1 is 0.292 bits per heavy atom. The minimum Gasteiger partial charge on any atom is -0.490 e. The second-order valence-electron chi connectivity index (χ2n) is 10.9. The van der Waals surface area contributed by atoms with Gasteiger partial charge in [0.25, 0.3) is 0 Å². The van der Waals surface area contributed by atoms with E-state index in [1.807, 2.05) is 146 Å². The Labute approximate surface area is 280 Å². The van der Waals surface area contributed by atoms with Crippen LogP contribution in [-0.2, 0) is 0 Å². The summed E-state index contributed by atoms with van der Waals surface area (Å²) in [6, 6.07) is 51.1. The predicted octanol–water partition coefficient (Wildman–Crippen LogP) is 9.35. The van der Waals surface area contributed by atoms with Crippen LogP contribution in [0.2, 0.25) is 0 Å². The van der Waals surface area contributed by atoms with Crippen LogP contribution in [0.3, 0.4) is 0 Å². The summed E-state index contributed by atoms with van der Waals surface area (Å²) in [7, 11) is 0. The van der Waals surface area contributed by atoms with Gasteiger partial charge in [-0.1, -0.05) is 72.8 Å². The van der Waals surface area contributed by atoms with Crippen molar-refractivity contribution in [2.75, 3.05) is 26.4 Å². The molecule has 0 spiro atoms. The molecule has 6 heteroatoms. The lowest BCUT2D eigenvalue weighted by atomic mass is 10.0. The molecule has 0 aliphatic carbocycles. The smallest absolute Gasteiger partial charge is 0.122 e. The van der Waals surface area contributed by atoms with E-state index in [0.717, 1.165) is 56.4 Å². The number of nitrogens with zero attached hydrogens (tertiary/aromatic N) is 2. The molecule has 0 fully saturated rings. The van der Waals surface area contributed by atoms with Crippen molar-refractivity contribution in [2.24, 2.45) is 0 Å². The molecule has 0 atom stereocenters. The van der Waals surface area contributed by atoms with Gasteiger partial charge < -0.3 is 18.9 Å². The van der Waals surface area contributed by atoms with Gasteiger partial charge in [-0.15, -0.1) is 0 Å². The molecule has 0 aromatic heterocycles. The van der Waals surface area contributed by atoms with E-state index < -0.39 is 0 Å². The maximum Gasteiger partial charge on any atom is 0.122 e. The molecule has 6 aromatic carbocycles. The number of rotatable bonds is 13. The number of ether oxygens (including phenoxy) is 4. The first-order valence-electron chi connectivity index (χ1n) is 15.6. The maximum atomic E-state index is 8.97. The summed E-state index contributed by atoms with van der Waals surface area (Å²) >= 11 is 0. The monoisotopic (exact) mass is 628 g/mol. The Kier molecular flexibility index (Phi) is 10.3. The predicted molar refractivity (Wildman–Crippen MR) is 187 cm³/mol. The second-order valence-corrected chi connectivity index (χ2v) is 10.9. The molecule has 0 unspecified atom stereocenters. The fraction of sp³-hybridized carbons (Fsp3) is 0.0952. The van der Waals surface area contributed by atoms with E-state index in [-0.39, 0.29) is 0 Å². The molecule has 0 aliphatic rings. The molecular weight excluding hydrogens is 596 g/mol. The molecule has 0 N–H and O–H groups in total. The van der Waals surface area contributed by atoms with Crippen molar-refractivity contribution >= 4 is 0 Å². The molecule has 0 saturated heterocycles. The fourth-order valence-electron chi connectivity index (χ4n) is 5.09. The van der Waals surface area contributed by atoms with Crippen LogP contribution in [0, 0.1) is 22.7 Å². The minimum absolute atomic E-state index is 0.427. The molecule has 0 heterocycles. The van der Waals surface area contributed by atoms with Crippen LogP contribution in [0.25, 0.3) is 33.4 Å². The van der Waals surface area contributed by atoms with Crippen molar-refractivity contribution in [1.29, 1.82) is 10.5 Å². The summed E-state index contributed by atoms with van der Waals surface area (Å²) in [4.78, 5) is 0.